The van der Waals surface area contributed by atoms with Crippen molar-refractivity contribution in [2.24, 2.45) is 0 Å². The highest BCUT2D eigenvalue weighted by Gasteiger charge is 2.32. The van der Waals surface area contributed by atoms with Crippen LogP contribution in [-0.4, -0.2) is 35.1 Å². The van der Waals surface area contributed by atoms with Crippen LogP contribution < -0.4 is 10.2 Å². The SMILES string of the molecule is CC(C)c1cc(N(CC2CCCCN2)C2CC2)ncn1. The molecule has 4 heteroatoms. The minimum Gasteiger partial charge on any atom is -0.352 e. The van der Waals surface area contributed by atoms with E-state index in [2.05, 4.69) is 40.1 Å². The van der Waals surface area contributed by atoms with E-state index >= 15 is 0 Å². The fourth-order valence-electron chi connectivity index (χ4n) is 2.97. The molecule has 2 aliphatic rings. The van der Waals surface area contributed by atoms with Crippen LogP contribution in [0.5, 0.6) is 0 Å². The summed E-state index contributed by atoms with van der Waals surface area (Å²) < 4.78 is 0. The third-order valence-electron chi connectivity index (χ3n) is 4.38. The average molecular weight is 274 g/mol. The lowest BCUT2D eigenvalue weighted by Gasteiger charge is -2.31. The van der Waals surface area contributed by atoms with E-state index in [-0.39, 0.29) is 0 Å². The lowest BCUT2D eigenvalue weighted by Crippen LogP contribution is -2.44. The zero-order chi connectivity index (χ0) is 13.9. The van der Waals surface area contributed by atoms with Gasteiger partial charge in [-0.25, -0.2) is 9.97 Å². The molecule has 1 N–H and O–H groups in total. The monoisotopic (exact) mass is 274 g/mol. The van der Waals surface area contributed by atoms with Gasteiger partial charge in [0.25, 0.3) is 0 Å². The van der Waals surface area contributed by atoms with Crippen LogP contribution in [-0.2, 0) is 0 Å². The Balaban J connectivity index is 1.74. The van der Waals surface area contributed by atoms with Crippen molar-refractivity contribution in [2.75, 3.05) is 18.0 Å². The molecule has 1 aliphatic carbocycles. The van der Waals surface area contributed by atoms with Crippen LogP contribution in [0.15, 0.2) is 12.4 Å². The van der Waals surface area contributed by atoms with Crippen LogP contribution in [0.4, 0.5) is 5.82 Å². The molecule has 0 spiro atoms. The molecule has 1 saturated heterocycles. The Morgan fingerprint density at radius 3 is 2.75 bits per heavy atom. The van der Waals surface area contributed by atoms with Crippen LogP contribution in [0.1, 0.15) is 57.6 Å². The van der Waals surface area contributed by atoms with Crippen LogP contribution in [0.3, 0.4) is 0 Å². The standard InChI is InChI=1S/C16H26N4/c1-12(2)15-9-16(19-11-18-15)20(14-6-7-14)10-13-5-3-4-8-17-13/h9,11-14,17H,3-8,10H2,1-2H3. The number of anilines is 1. The molecule has 2 fully saturated rings. The van der Waals surface area contributed by atoms with E-state index in [0.29, 0.717) is 18.0 Å². The van der Waals surface area contributed by atoms with Gasteiger partial charge in [-0.3, -0.25) is 0 Å². The topological polar surface area (TPSA) is 41.0 Å². The number of aromatic nitrogens is 2. The van der Waals surface area contributed by atoms with E-state index in [9.17, 15) is 0 Å². The Kier molecular flexibility index (Phi) is 4.20. The molecule has 0 amide bonds. The number of nitrogens with zero attached hydrogens (tertiary/aromatic N) is 3. The Bertz CT molecular complexity index is 436. The molecule has 0 aromatic carbocycles. The minimum atomic E-state index is 0.464. The van der Waals surface area contributed by atoms with E-state index < -0.39 is 0 Å². The van der Waals surface area contributed by atoms with Crippen LogP contribution in [0, 0.1) is 0 Å². The molecule has 1 atom stereocenters. The van der Waals surface area contributed by atoms with Gasteiger partial charge in [-0.15, -0.1) is 0 Å². The number of hydrogen-bond donors (Lipinski definition) is 1. The van der Waals surface area contributed by atoms with Gasteiger partial charge in [0.1, 0.15) is 12.1 Å². The normalized spacial score (nSPS) is 23.1. The van der Waals surface area contributed by atoms with Crippen molar-refractivity contribution >= 4 is 5.82 Å². The maximum absolute atomic E-state index is 4.54. The number of nitrogens with one attached hydrogen (secondary N) is 1. The van der Waals surface area contributed by atoms with Crippen molar-refractivity contribution in [1.82, 2.24) is 15.3 Å². The Hall–Kier alpha value is -1.16. The third-order valence-corrected chi connectivity index (χ3v) is 4.38. The second-order valence-electron chi connectivity index (χ2n) is 6.49. The molecule has 110 valence electrons. The van der Waals surface area contributed by atoms with Gasteiger partial charge in [0, 0.05) is 30.4 Å². The summed E-state index contributed by atoms with van der Waals surface area (Å²) in [7, 11) is 0. The van der Waals surface area contributed by atoms with E-state index in [4.69, 9.17) is 0 Å². The lowest BCUT2D eigenvalue weighted by atomic mass is 10.0. The summed E-state index contributed by atoms with van der Waals surface area (Å²) >= 11 is 0. The van der Waals surface area contributed by atoms with Crippen molar-refractivity contribution in [3.05, 3.63) is 18.1 Å². The van der Waals surface area contributed by atoms with Gasteiger partial charge in [-0.1, -0.05) is 20.3 Å². The van der Waals surface area contributed by atoms with Crippen LogP contribution in [0.2, 0.25) is 0 Å². The first-order chi connectivity index (χ1) is 9.74. The average Bonchev–Trinajstić information content (AvgIpc) is 3.30. The highest BCUT2D eigenvalue weighted by atomic mass is 15.3. The summed E-state index contributed by atoms with van der Waals surface area (Å²) in [6.07, 6.45) is 8.34. The first-order valence-corrected chi connectivity index (χ1v) is 8.06. The predicted molar refractivity (Wildman–Crippen MR) is 82.1 cm³/mol. The van der Waals surface area contributed by atoms with E-state index in [1.165, 1.54) is 38.6 Å². The molecule has 1 aromatic heterocycles. The summed E-state index contributed by atoms with van der Waals surface area (Å²) in [6, 6.07) is 3.52. The van der Waals surface area contributed by atoms with Gasteiger partial charge in [0.15, 0.2) is 0 Å². The Morgan fingerprint density at radius 2 is 2.10 bits per heavy atom. The van der Waals surface area contributed by atoms with Crippen molar-refractivity contribution in [2.45, 2.75) is 64.0 Å². The smallest absolute Gasteiger partial charge is 0.132 e. The molecule has 1 saturated carbocycles. The first kappa shape index (κ1) is 13.8. The molecule has 0 bridgehead atoms. The molecule has 1 aromatic rings. The first-order valence-electron chi connectivity index (χ1n) is 8.06. The van der Waals surface area contributed by atoms with Gasteiger partial charge in [-0.2, -0.15) is 0 Å². The van der Waals surface area contributed by atoms with Crippen molar-refractivity contribution in [1.29, 1.82) is 0 Å². The quantitative estimate of drug-likeness (QED) is 0.896. The van der Waals surface area contributed by atoms with Crippen molar-refractivity contribution < 1.29 is 0 Å². The molecule has 3 rings (SSSR count). The van der Waals surface area contributed by atoms with Crippen molar-refractivity contribution in [3.63, 3.8) is 0 Å². The zero-order valence-corrected chi connectivity index (χ0v) is 12.7. The van der Waals surface area contributed by atoms with E-state index in [1.807, 2.05) is 0 Å². The van der Waals surface area contributed by atoms with Crippen LogP contribution >= 0.6 is 0 Å². The number of rotatable bonds is 5. The summed E-state index contributed by atoms with van der Waals surface area (Å²) in [4.78, 5) is 11.4. The molecule has 2 heterocycles. The Morgan fingerprint density at radius 1 is 1.25 bits per heavy atom. The molecule has 4 nitrogen and oxygen atoms in total. The lowest BCUT2D eigenvalue weighted by molar-refractivity contribution is 0.397. The fraction of sp³-hybridized carbons (Fsp3) is 0.750. The summed E-state index contributed by atoms with van der Waals surface area (Å²) in [6.45, 7) is 6.65. The van der Waals surface area contributed by atoms with Gasteiger partial charge in [-0.05, 0) is 38.1 Å². The Labute approximate surface area is 122 Å². The zero-order valence-electron chi connectivity index (χ0n) is 12.7. The molecule has 20 heavy (non-hydrogen) atoms. The molecule has 0 radical (unpaired) electrons. The van der Waals surface area contributed by atoms with Crippen molar-refractivity contribution in [3.8, 4) is 0 Å². The highest BCUT2D eigenvalue weighted by molar-refractivity contribution is 5.42. The fourth-order valence-corrected chi connectivity index (χ4v) is 2.97. The van der Waals surface area contributed by atoms with Gasteiger partial charge in [0.05, 0.1) is 0 Å². The van der Waals surface area contributed by atoms with E-state index in [0.717, 1.165) is 18.1 Å². The summed E-state index contributed by atoms with van der Waals surface area (Å²) in [5.41, 5.74) is 1.15. The third kappa shape index (κ3) is 3.29. The molecular weight excluding hydrogens is 248 g/mol. The second kappa shape index (κ2) is 6.08. The largest absolute Gasteiger partial charge is 0.352 e. The van der Waals surface area contributed by atoms with Gasteiger partial charge < -0.3 is 10.2 Å². The van der Waals surface area contributed by atoms with Gasteiger partial charge >= 0.3 is 0 Å². The predicted octanol–water partition coefficient (Wildman–Crippen LogP) is 2.71. The minimum absolute atomic E-state index is 0.464. The highest BCUT2D eigenvalue weighted by Crippen LogP contribution is 2.32. The van der Waals surface area contributed by atoms with E-state index in [1.54, 1.807) is 6.33 Å². The van der Waals surface area contributed by atoms with Crippen LogP contribution in [0.25, 0.3) is 0 Å². The second-order valence-corrected chi connectivity index (χ2v) is 6.49. The maximum Gasteiger partial charge on any atom is 0.132 e. The summed E-state index contributed by atoms with van der Waals surface area (Å²) in [5, 5.41) is 3.65. The number of hydrogen-bond acceptors (Lipinski definition) is 4. The maximum atomic E-state index is 4.54. The molecule has 1 aliphatic heterocycles. The summed E-state index contributed by atoms with van der Waals surface area (Å²) in [5.74, 6) is 1.59. The van der Waals surface area contributed by atoms with Gasteiger partial charge in [0.2, 0.25) is 0 Å². The molecule has 1 unspecified atom stereocenters. The molecular formula is C16H26N4. The number of piperidine rings is 1.